The van der Waals surface area contributed by atoms with Crippen LogP contribution in [0.15, 0.2) is 60.7 Å². The molecule has 0 unspecified atom stereocenters. The van der Waals surface area contributed by atoms with Crippen LogP contribution in [0.3, 0.4) is 0 Å². The zero-order chi connectivity index (χ0) is 31.6. The van der Waals surface area contributed by atoms with Gasteiger partial charge in [-0.2, -0.15) is 8.42 Å². The molecule has 3 aromatic carbocycles. The molecule has 1 fully saturated rings. The Bertz CT molecular complexity index is 1620. The minimum Gasteiger partial charge on any atom is -0.448 e. The summed E-state index contributed by atoms with van der Waals surface area (Å²) in [7, 11) is -5.30. The van der Waals surface area contributed by atoms with Crippen molar-refractivity contribution in [2.24, 2.45) is 0 Å². The number of anilines is 1. The number of hydrogen-bond acceptors (Lipinski definition) is 8. The number of halogens is 1. The van der Waals surface area contributed by atoms with Gasteiger partial charge in [-0.25, -0.2) is 9.59 Å². The van der Waals surface area contributed by atoms with Gasteiger partial charge in [-0.05, 0) is 67.6 Å². The number of hydrogen-bond donors (Lipinski definition) is 1. The first-order chi connectivity index (χ1) is 20.8. The van der Waals surface area contributed by atoms with Gasteiger partial charge in [0.1, 0.15) is 12.2 Å². The van der Waals surface area contributed by atoms with Crippen LogP contribution in [-0.4, -0.2) is 68.8 Å². The molecule has 0 aromatic heterocycles. The predicted molar refractivity (Wildman–Crippen MR) is 164 cm³/mol. The molecule has 1 aliphatic heterocycles. The summed E-state index contributed by atoms with van der Waals surface area (Å²) in [5, 5.41) is 2.60. The van der Waals surface area contributed by atoms with Gasteiger partial charge < -0.3 is 18.6 Å². The number of carbonyl (C=O) groups excluding carboxylic acids is 2. The quantitative estimate of drug-likeness (QED) is 0.318. The predicted octanol–water partition coefficient (Wildman–Crippen LogP) is 6.00. The van der Waals surface area contributed by atoms with E-state index in [1.54, 1.807) is 31.7 Å². The van der Waals surface area contributed by atoms with E-state index in [1.165, 1.54) is 13.0 Å². The highest BCUT2D eigenvalue weighted by Crippen LogP contribution is 2.44. The SMILES string of the molecule is Cc1c(NC(=O)OC(C)(C)C)cc(CN2CCN(C(=O)OCC3c4ccccc4-c4ccccc43)CC2)cc1OS(=O)(=O)F. The molecule has 2 aliphatic rings. The first-order valence-corrected chi connectivity index (χ1v) is 15.7. The molecule has 10 nitrogen and oxygen atoms in total. The van der Waals surface area contributed by atoms with E-state index in [0.29, 0.717) is 38.3 Å². The lowest BCUT2D eigenvalue weighted by Crippen LogP contribution is -2.48. The number of carbonyl (C=O) groups is 2. The van der Waals surface area contributed by atoms with E-state index >= 15 is 0 Å². The highest BCUT2D eigenvalue weighted by molar-refractivity contribution is 7.81. The van der Waals surface area contributed by atoms with E-state index < -0.39 is 22.2 Å². The average Bonchev–Trinajstić information content (AvgIpc) is 3.26. The van der Waals surface area contributed by atoms with E-state index in [0.717, 1.165) is 22.3 Å². The number of rotatable bonds is 7. The monoisotopic (exact) mass is 625 g/mol. The van der Waals surface area contributed by atoms with Crippen molar-refractivity contribution in [3.63, 3.8) is 0 Å². The molecule has 1 aliphatic carbocycles. The van der Waals surface area contributed by atoms with Crippen molar-refractivity contribution < 1.29 is 35.5 Å². The lowest BCUT2D eigenvalue weighted by Gasteiger charge is -2.34. The summed E-state index contributed by atoms with van der Waals surface area (Å²) >= 11 is 0. The van der Waals surface area contributed by atoms with Crippen molar-refractivity contribution in [2.45, 2.75) is 45.8 Å². The molecule has 1 heterocycles. The maximum Gasteiger partial charge on any atom is 0.488 e. The van der Waals surface area contributed by atoms with Crippen LogP contribution in [-0.2, 0) is 26.5 Å². The Hall–Kier alpha value is -4.16. The second kappa shape index (κ2) is 12.4. The molecule has 5 rings (SSSR count). The van der Waals surface area contributed by atoms with Crippen LogP contribution in [0.25, 0.3) is 11.1 Å². The van der Waals surface area contributed by atoms with E-state index in [1.807, 2.05) is 24.3 Å². The minimum atomic E-state index is -5.30. The molecule has 234 valence electrons. The van der Waals surface area contributed by atoms with Crippen LogP contribution in [0.5, 0.6) is 5.75 Å². The lowest BCUT2D eigenvalue weighted by molar-refractivity contribution is 0.0635. The Morgan fingerprint density at radius 1 is 0.955 bits per heavy atom. The number of piperazine rings is 1. The summed E-state index contributed by atoms with van der Waals surface area (Å²) in [5.74, 6) is -0.268. The van der Waals surface area contributed by atoms with Gasteiger partial charge in [0, 0.05) is 44.2 Å². The van der Waals surface area contributed by atoms with Crippen molar-refractivity contribution in [2.75, 3.05) is 38.1 Å². The zero-order valence-electron chi connectivity index (χ0n) is 25.1. The van der Waals surface area contributed by atoms with Crippen molar-refractivity contribution in [1.82, 2.24) is 9.80 Å². The molecule has 12 heteroatoms. The fraction of sp³-hybridized carbons (Fsp3) is 0.375. The van der Waals surface area contributed by atoms with Gasteiger partial charge in [0.25, 0.3) is 0 Å². The van der Waals surface area contributed by atoms with Crippen LogP contribution in [0.1, 0.15) is 48.9 Å². The molecule has 3 aromatic rings. The highest BCUT2D eigenvalue weighted by Gasteiger charge is 2.30. The highest BCUT2D eigenvalue weighted by atomic mass is 32.3. The third-order valence-electron chi connectivity index (χ3n) is 7.62. The molecule has 0 spiro atoms. The molecular formula is C32H36FN3O7S. The van der Waals surface area contributed by atoms with Crippen molar-refractivity contribution in [1.29, 1.82) is 0 Å². The van der Waals surface area contributed by atoms with Crippen molar-refractivity contribution >= 4 is 28.4 Å². The summed E-state index contributed by atoms with van der Waals surface area (Å²) < 4.78 is 51.7. The largest absolute Gasteiger partial charge is 0.488 e. The molecule has 0 radical (unpaired) electrons. The number of nitrogens with one attached hydrogen (secondary N) is 1. The molecule has 0 atom stereocenters. The second-order valence-electron chi connectivity index (χ2n) is 11.9. The Labute approximate surface area is 257 Å². The average molecular weight is 626 g/mol. The second-order valence-corrected chi connectivity index (χ2v) is 12.9. The number of benzene rings is 3. The fourth-order valence-corrected chi connectivity index (χ4v) is 5.99. The summed E-state index contributed by atoms with van der Waals surface area (Å²) in [5.41, 5.74) is 4.89. The molecule has 0 saturated carbocycles. The third kappa shape index (κ3) is 7.48. The molecule has 44 heavy (non-hydrogen) atoms. The van der Waals surface area contributed by atoms with Crippen LogP contribution in [0.4, 0.5) is 19.2 Å². The summed E-state index contributed by atoms with van der Waals surface area (Å²) in [6.45, 7) is 9.10. The van der Waals surface area contributed by atoms with Crippen molar-refractivity contribution in [3.8, 4) is 16.9 Å². The number of amides is 2. The van der Waals surface area contributed by atoms with Gasteiger partial charge in [0.15, 0.2) is 5.75 Å². The van der Waals surface area contributed by atoms with Crippen LogP contribution < -0.4 is 9.50 Å². The van der Waals surface area contributed by atoms with E-state index in [2.05, 4.69) is 38.7 Å². The normalized spacial score (nSPS) is 15.3. The molecule has 2 amide bonds. The lowest BCUT2D eigenvalue weighted by atomic mass is 9.98. The van der Waals surface area contributed by atoms with Gasteiger partial charge in [-0.15, -0.1) is 0 Å². The van der Waals surface area contributed by atoms with Gasteiger partial charge >= 0.3 is 22.7 Å². The maximum atomic E-state index is 13.5. The smallest absolute Gasteiger partial charge is 0.448 e. The topological polar surface area (TPSA) is 114 Å². The maximum absolute atomic E-state index is 13.5. The third-order valence-corrected chi connectivity index (χ3v) is 8.00. The van der Waals surface area contributed by atoms with Crippen LogP contribution in [0.2, 0.25) is 0 Å². The standard InChI is InChI=1S/C32H36FN3O7S/c1-21-28(34-30(37)42-32(2,3)4)17-22(18-29(21)43-44(33,39)40)19-35-13-15-36(16-14-35)31(38)41-20-27-25-11-7-5-9-23(25)24-10-6-8-12-26(24)27/h5-12,17-18,27H,13-16,19-20H2,1-4H3,(H,34,37). The number of ether oxygens (including phenoxy) is 2. The van der Waals surface area contributed by atoms with Gasteiger partial charge in [-0.1, -0.05) is 52.4 Å². The summed E-state index contributed by atoms with van der Waals surface area (Å²) in [4.78, 5) is 29.2. The first kappa shape index (κ1) is 31.3. The molecule has 1 saturated heterocycles. The van der Waals surface area contributed by atoms with Gasteiger partial charge in [0.2, 0.25) is 0 Å². The summed E-state index contributed by atoms with van der Waals surface area (Å²) in [6.07, 6.45) is -1.13. The Balaban J connectivity index is 1.21. The Kier molecular flexibility index (Phi) is 8.85. The minimum absolute atomic E-state index is 0.0257. The van der Waals surface area contributed by atoms with Gasteiger partial charge in [0.05, 0.1) is 5.69 Å². The zero-order valence-corrected chi connectivity index (χ0v) is 25.9. The molecular weight excluding hydrogens is 589 g/mol. The van der Waals surface area contributed by atoms with Gasteiger partial charge in [-0.3, -0.25) is 10.2 Å². The fourth-order valence-electron chi connectivity index (χ4n) is 5.61. The van der Waals surface area contributed by atoms with E-state index in [4.69, 9.17) is 9.47 Å². The number of nitrogens with zero attached hydrogens (tertiary/aromatic N) is 2. The van der Waals surface area contributed by atoms with E-state index in [-0.39, 0.29) is 35.6 Å². The Morgan fingerprint density at radius 2 is 1.55 bits per heavy atom. The van der Waals surface area contributed by atoms with Crippen LogP contribution in [0, 0.1) is 6.92 Å². The molecule has 1 N–H and O–H groups in total. The summed E-state index contributed by atoms with van der Waals surface area (Å²) in [6, 6.07) is 19.4. The van der Waals surface area contributed by atoms with Crippen molar-refractivity contribution in [3.05, 3.63) is 82.9 Å². The number of fused-ring (bicyclic) bond motifs is 3. The molecule has 0 bridgehead atoms. The van der Waals surface area contributed by atoms with E-state index in [9.17, 15) is 21.9 Å². The van der Waals surface area contributed by atoms with Crippen LogP contribution >= 0.6 is 0 Å². The Morgan fingerprint density at radius 3 is 2.11 bits per heavy atom. The first-order valence-electron chi connectivity index (χ1n) is 14.4.